The van der Waals surface area contributed by atoms with Gasteiger partial charge in [-0.15, -0.1) is 0 Å². The lowest BCUT2D eigenvalue weighted by Crippen LogP contribution is -2.65. The van der Waals surface area contributed by atoms with E-state index in [-0.39, 0.29) is 18.9 Å². The SMILES string of the molecule is CCCCCCCCCCCCCCC/C=C/CC/C=C/CC/C=C/C(O)C(COC1OC(CO)C(OC2OC(CO)C(O)C(O)C2O)C(O)C1O)NC(=O)CCCCCCCCCCCCCCCCCCCCCCCCCCCCCCCCCCCCCCCC. The Balaban J connectivity index is 1.59. The van der Waals surface area contributed by atoms with E-state index in [2.05, 4.69) is 43.5 Å². The van der Waals surface area contributed by atoms with Crippen LogP contribution in [-0.2, 0) is 23.7 Å². The molecule has 0 spiro atoms. The van der Waals surface area contributed by atoms with Gasteiger partial charge in [-0.2, -0.15) is 0 Å². The van der Waals surface area contributed by atoms with Crippen molar-refractivity contribution in [2.75, 3.05) is 19.8 Å². The maximum Gasteiger partial charge on any atom is 0.220 e. The normalized spacial score (nSPS) is 22.5. The fourth-order valence-electron chi connectivity index (χ4n) is 13.6. The van der Waals surface area contributed by atoms with Crippen molar-refractivity contribution in [2.45, 2.75) is 453 Å². The molecule has 1 amide bonds. The fraction of sp³-hybridized carbons (Fsp3) is 0.914. The summed E-state index contributed by atoms with van der Waals surface area (Å²) in [6, 6.07) is -0.938. The molecule has 560 valence electrons. The minimum Gasteiger partial charge on any atom is -0.394 e. The Morgan fingerprint density at radius 3 is 1.03 bits per heavy atom. The summed E-state index contributed by atoms with van der Waals surface area (Å²) in [6.07, 6.45) is 69.7. The predicted octanol–water partition coefficient (Wildman–Crippen LogP) is 18.4. The lowest BCUT2D eigenvalue weighted by molar-refractivity contribution is -0.359. The third kappa shape index (κ3) is 48.6. The highest BCUT2D eigenvalue weighted by Crippen LogP contribution is 2.30. The van der Waals surface area contributed by atoms with Crippen molar-refractivity contribution >= 4 is 5.91 Å². The molecule has 2 fully saturated rings. The Hall–Kier alpha value is -1.79. The minimum atomic E-state index is -1.79. The topological polar surface area (TPSA) is 228 Å². The van der Waals surface area contributed by atoms with Gasteiger partial charge in [0.05, 0.1) is 32.0 Å². The Morgan fingerprint density at radius 1 is 0.368 bits per heavy atom. The number of hydrogen-bond donors (Lipinski definition) is 9. The molecular formula is C81H153NO13. The van der Waals surface area contributed by atoms with E-state index >= 15 is 0 Å². The van der Waals surface area contributed by atoms with E-state index in [9.17, 15) is 45.6 Å². The molecule has 0 bridgehead atoms. The second kappa shape index (κ2) is 65.5. The average molecular weight is 1350 g/mol. The number of nitrogens with one attached hydrogen (secondary N) is 1. The van der Waals surface area contributed by atoms with E-state index in [1.54, 1.807) is 6.08 Å². The smallest absolute Gasteiger partial charge is 0.220 e. The van der Waals surface area contributed by atoms with Gasteiger partial charge in [0, 0.05) is 6.42 Å². The zero-order chi connectivity index (χ0) is 68.7. The maximum absolute atomic E-state index is 13.4. The quantitative estimate of drug-likeness (QED) is 0.0204. The van der Waals surface area contributed by atoms with Gasteiger partial charge in [0.15, 0.2) is 12.6 Å². The van der Waals surface area contributed by atoms with Gasteiger partial charge in [0.1, 0.15) is 48.8 Å². The number of ether oxygens (including phenoxy) is 4. The molecule has 9 N–H and O–H groups in total. The summed E-state index contributed by atoms with van der Waals surface area (Å²) in [5, 5.41) is 87.6. The first-order valence-electron chi connectivity index (χ1n) is 40.7. The van der Waals surface area contributed by atoms with Gasteiger partial charge in [0.2, 0.25) is 5.91 Å². The number of unbranched alkanes of at least 4 members (excludes halogenated alkanes) is 52. The number of hydrogen-bond acceptors (Lipinski definition) is 13. The van der Waals surface area contributed by atoms with Crippen molar-refractivity contribution in [3.63, 3.8) is 0 Å². The molecule has 0 aromatic carbocycles. The van der Waals surface area contributed by atoms with Crippen molar-refractivity contribution in [3.8, 4) is 0 Å². The van der Waals surface area contributed by atoms with Gasteiger partial charge >= 0.3 is 0 Å². The van der Waals surface area contributed by atoms with Crippen molar-refractivity contribution < 1.29 is 64.6 Å². The summed E-state index contributed by atoms with van der Waals surface area (Å²) in [7, 11) is 0. The Labute approximate surface area is 582 Å². The molecule has 0 aromatic rings. The van der Waals surface area contributed by atoms with Gasteiger partial charge in [0.25, 0.3) is 0 Å². The van der Waals surface area contributed by atoms with Gasteiger partial charge in [-0.25, -0.2) is 0 Å². The van der Waals surface area contributed by atoms with Crippen LogP contribution < -0.4 is 5.32 Å². The number of carbonyl (C=O) groups excluding carboxylic acids is 1. The predicted molar refractivity (Wildman–Crippen MR) is 392 cm³/mol. The van der Waals surface area contributed by atoms with Crippen LogP contribution in [0, 0.1) is 0 Å². The Kier molecular flexibility index (Phi) is 61.6. The van der Waals surface area contributed by atoms with Crippen molar-refractivity contribution in [1.82, 2.24) is 5.32 Å². The average Bonchev–Trinajstić information content (AvgIpc) is 1.22. The number of rotatable bonds is 69. The first-order chi connectivity index (χ1) is 46.6. The molecule has 2 heterocycles. The second-order valence-corrected chi connectivity index (χ2v) is 28.9. The highest BCUT2D eigenvalue weighted by Gasteiger charge is 2.51. The van der Waals surface area contributed by atoms with E-state index in [4.69, 9.17) is 18.9 Å². The zero-order valence-electron chi connectivity index (χ0n) is 61.4. The number of amides is 1. The molecule has 0 aliphatic carbocycles. The summed E-state index contributed by atoms with van der Waals surface area (Å²) in [5.74, 6) is -0.245. The summed E-state index contributed by atoms with van der Waals surface area (Å²) >= 11 is 0. The molecule has 12 atom stereocenters. The maximum atomic E-state index is 13.4. The minimum absolute atomic E-state index is 0.245. The van der Waals surface area contributed by atoms with Gasteiger partial charge in [-0.05, 0) is 44.9 Å². The molecular weight excluding hydrogens is 1190 g/mol. The van der Waals surface area contributed by atoms with Crippen molar-refractivity contribution in [1.29, 1.82) is 0 Å². The van der Waals surface area contributed by atoms with E-state index in [0.717, 1.165) is 44.9 Å². The Morgan fingerprint density at radius 2 is 0.674 bits per heavy atom. The molecule has 0 saturated carbocycles. The largest absolute Gasteiger partial charge is 0.394 e. The molecule has 0 radical (unpaired) electrons. The fourth-order valence-corrected chi connectivity index (χ4v) is 13.6. The number of allylic oxidation sites excluding steroid dienone is 5. The number of aliphatic hydroxyl groups excluding tert-OH is 8. The molecule has 95 heavy (non-hydrogen) atoms. The molecule has 12 unspecified atom stereocenters. The number of aliphatic hydroxyl groups is 8. The highest BCUT2D eigenvalue weighted by molar-refractivity contribution is 5.76. The van der Waals surface area contributed by atoms with Crippen LogP contribution in [0.5, 0.6) is 0 Å². The van der Waals surface area contributed by atoms with E-state index in [1.165, 1.54) is 302 Å². The molecule has 2 aliphatic rings. The summed E-state index contributed by atoms with van der Waals surface area (Å²) < 4.78 is 22.9. The van der Waals surface area contributed by atoms with Gasteiger partial charge < -0.3 is 65.1 Å². The lowest BCUT2D eigenvalue weighted by Gasteiger charge is -2.46. The van der Waals surface area contributed by atoms with Gasteiger partial charge in [-0.3, -0.25) is 4.79 Å². The standard InChI is InChI=1S/C81H153NO13/c1-3-5-7-9-11-13-15-17-19-21-23-25-27-28-29-30-31-32-33-34-35-36-37-38-39-40-41-43-45-47-49-51-53-55-57-59-61-63-65-73(86)82-69(68-92-80-78(91)76(89)79(72(67-84)94-80)95-81-77(90)75(88)74(87)71(66-83)93-81)70(85)64-62-60-58-56-54-52-50-48-46-44-42-26-24-22-20-18-16-14-12-10-8-6-4-2/h46,48,54,56,62,64,69-72,74-81,83-85,87-91H,3-45,47,49-53,55,57-61,63,65-68H2,1-2H3,(H,82,86)/b48-46+,56-54+,64-62+. The third-order valence-corrected chi connectivity index (χ3v) is 20.1. The summed E-state index contributed by atoms with van der Waals surface area (Å²) in [6.45, 7) is 2.84. The van der Waals surface area contributed by atoms with Crippen LogP contribution in [0.3, 0.4) is 0 Å². The van der Waals surface area contributed by atoms with Crippen LogP contribution in [0.4, 0.5) is 0 Å². The molecule has 2 aliphatic heterocycles. The van der Waals surface area contributed by atoms with Crippen LogP contribution in [0.2, 0.25) is 0 Å². The van der Waals surface area contributed by atoms with Crippen LogP contribution in [-0.4, -0.2) is 140 Å². The van der Waals surface area contributed by atoms with E-state index in [0.29, 0.717) is 12.8 Å². The third-order valence-electron chi connectivity index (χ3n) is 20.1. The lowest BCUT2D eigenvalue weighted by atomic mass is 9.97. The van der Waals surface area contributed by atoms with Crippen LogP contribution in [0.1, 0.15) is 380 Å². The second-order valence-electron chi connectivity index (χ2n) is 28.9. The summed E-state index contributed by atoms with van der Waals surface area (Å²) in [5.41, 5.74) is 0. The monoisotopic (exact) mass is 1350 g/mol. The van der Waals surface area contributed by atoms with Crippen molar-refractivity contribution in [2.24, 2.45) is 0 Å². The number of carbonyl (C=O) groups is 1. The highest BCUT2D eigenvalue weighted by atomic mass is 16.7. The van der Waals surface area contributed by atoms with Gasteiger partial charge in [-0.1, -0.05) is 365 Å². The Bertz CT molecular complexity index is 1730. The van der Waals surface area contributed by atoms with Crippen LogP contribution in [0.25, 0.3) is 0 Å². The zero-order valence-corrected chi connectivity index (χ0v) is 61.4. The summed E-state index contributed by atoms with van der Waals surface area (Å²) in [4.78, 5) is 13.4. The molecule has 0 aromatic heterocycles. The molecule has 2 saturated heterocycles. The molecule has 14 heteroatoms. The van der Waals surface area contributed by atoms with Crippen molar-refractivity contribution in [3.05, 3.63) is 36.5 Å². The molecule has 14 nitrogen and oxygen atoms in total. The first kappa shape index (κ1) is 89.3. The molecule has 2 rings (SSSR count). The first-order valence-corrected chi connectivity index (χ1v) is 40.7. The van der Waals surface area contributed by atoms with Crippen LogP contribution >= 0.6 is 0 Å². The van der Waals surface area contributed by atoms with Crippen LogP contribution in [0.15, 0.2) is 36.5 Å². The van der Waals surface area contributed by atoms with E-state index in [1.807, 2.05) is 6.08 Å². The van der Waals surface area contributed by atoms with E-state index < -0.39 is 86.8 Å².